The minimum absolute atomic E-state index is 0.0397. The molecule has 0 saturated heterocycles. The molecule has 0 atom stereocenters. The molecule has 1 amide bonds. The second-order valence-electron chi connectivity index (χ2n) is 8.06. The van der Waals surface area contributed by atoms with Crippen LogP contribution in [0.15, 0.2) is 95.0 Å². The van der Waals surface area contributed by atoms with Gasteiger partial charge in [0.05, 0.1) is 0 Å². The lowest BCUT2D eigenvalue weighted by Crippen LogP contribution is -2.13. The zero-order valence-electron chi connectivity index (χ0n) is 19.5. The van der Waals surface area contributed by atoms with Crippen LogP contribution >= 0.6 is 15.9 Å². The number of anilines is 1. The molecule has 174 valence electrons. The Kier molecular flexibility index (Phi) is 7.49. The van der Waals surface area contributed by atoms with Crippen molar-refractivity contribution in [2.24, 2.45) is 0 Å². The molecule has 0 bridgehead atoms. The second-order valence-corrected chi connectivity index (χ2v) is 8.98. The average Bonchev–Trinajstić information content (AvgIpc) is 3.16. The van der Waals surface area contributed by atoms with Gasteiger partial charge in [0.1, 0.15) is 24.0 Å². The van der Waals surface area contributed by atoms with Gasteiger partial charge in [-0.05, 0) is 85.6 Å². The fourth-order valence-electron chi connectivity index (χ4n) is 3.80. The Labute approximate surface area is 213 Å². The van der Waals surface area contributed by atoms with E-state index in [-0.39, 0.29) is 5.57 Å². The maximum Gasteiger partial charge on any atom is 0.266 e. The van der Waals surface area contributed by atoms with Crippen LogP contribution in [0.2, 0.25) is 0 Å². The van der Waals surface area contributed by atoms with Crippen LogP contribution in [0.4, 0.5) is 5.69 Å². The molecule has 3 aromatic carbocycles. The lowest BCUT2D eigenvalue weighted by atomic mass is 10.1. The molecule has 0 unspecified atom stereocenters. The molecule has 0 saturated carbocycles. The summed E-state index contributed by atoms with van der Waals surface area (Å²) in [6, 6.07) is 29.1. The van der Waals surface area contributed by atoms with Crippen LogP contribution in [0, 0.1) is 25.2 Å². The van der Waals surface area contributed by atoms with Gasteiger partial charge in [0.15, 0.2) is 0 Å². The maximum atomic E-state index is 12.7. The molecule has 0 aliphatic heterocycles. The molecule has 4 rings (SSSR count). The number of carbonyl (C=O) groups excluding carboxylic acids is 1. The Hall–Kier alpha value is -4.08. The summed E-state index contributed by atoms with van der Waals surface area (Å²) in [7, 11) is 0. The van der Waals surface area contributed by atoms with Crippen molar-refractivity contribution in [3.05, 3.63) is 117 Å². The minimum atomic E-state index is -0.445. The summed E-state index contributed by atoms with van der Waals surface area (Å²) in [6.07, 6.45) is 1.63. The number of ether oxygens (including phenoxy) is 1. The van der Waals surface area contributed by atoms with Gasteiger partial charge < -0.3 is 14.6 Å². The van der Waals surface area contributed by atoms with E-state index in [1.165, 1.54) is 0 Å². The lowest BCUT2D eigenvalue weighted by Gasteiger charge is -2.11. The molecule has 0 radical (unpaired) electrons. The smallest absolute Gasteiger partial charge is 0.266 e. The quantitative estimate of drug-likeness (QED) is 0.209. The standard InChI is InChI=1S/C29H24BrN3O2/c1-20-16-23(17-24(18-31)29(34)32-26-10-8-25(30)9-11-26)21(2)33(20)27-12-14-28(15-13-27)35-19-22-6-4-3-5-7-22/h3-17H,19H2,1-2H3,(H,32,34)/b24-17-. The van der Waals surface area contributed by atoms with Gasteiger partial charge in [0.25, 0.3) is 5.91 Å². The first kappa shape index (κ1) is 24.1. The summed E-state index contributed by atoms with van der Waals surface area (Å²) >= 11 is 3.37. The number of hydrogen-bond acceptors (Lipinski definition) is 3. The number of nitriles is 1. The van der Waals surface area contributed by atoms with Crippen molar-refractivity contribution in [2.75, 3.05) is 5.32 Å². The highest BCUT2D eigenvalue weighted by molar-refractivity contribution is 9.10. The molecule has 0 aliphatic rings. The molecular weight excluding hydrogens is 502 g/mol. The van der Waals surface area contributed by atoms with E-state index in [9.17, 15) is 10.1 Å². The average molecular weight is 526 g/mol. The zero-order chi connectivity index (χ0) is 24.8. The molecular formula is C29H24BrN3O2. The third-order valence-corrected chi connectivity index (χ3v) is 6.11. The first-order chi connectivity index (χ1) is 16.9. The SMILES string of the molecule is Cc1cc(/C=C(/C#N)C(=O)Nc2ccc(Br)cc2)c(C)n1-c1ccc(OCc2ccccc2)cc1. The van der Waals surface area contributed by atoms with Crippen molar-refractivity contribution in [3.63, 3.8) is 0 Å². The van der Waals surface area contributed by atoms with Gasteiger partial charge in [0, 0.05) is 27.2 Å². The predicted molar refractivity (Wildman–Crippen MR) is 142 cm³/mol. The highest BCUT2D eigenvalue weighted by Gasteiger charge is 2.14. The summed E-state index contributed by atoms with van der Waals surface area (Å²) in [5.41, 5.74) is 5.50. The van der Waals surface area contributed by atoms with Crippen LogP contribution in [0.1, 0.15) is 22.5 Å². The van der Waals surface area contributed by atoms with Crippen LogP contribution in [-0.4, -0.2) is 10.5 Å². The molecule has 0 aliphatic carbocycles. The van der Waals surface area contributed by atoms with E-state index >= 15 is 0 Å². The van der Waals surface area contributed by atoms with Gasteiger partial charge >= 0.3 is 0 Å². The number of benzene rings is 3. The summed E-state index contributed by atoms with van der Waals surface area (Å²) in [6.45, 7) is 4.48. The number of aryl methyl sites for hydroxylation is 1. The van der Waals surface area contributed by atoms with Crippen molar-refractivity contribution in [1.82, 2.24) is 4.57 Å². The van der Waals surface area contributed by atoms with E-state index in [1.807, 2.05) is 92.7 Å². The third-order valence-electron chi connectivity index (χ3n) is 5.58. The van der Waals surface area contributed by atoms with Crippen LogP contribution < -0.4 is 10.1 Å². The van der Waals surface area contributed by atoms with Crippen molar-refractivity contribution in [2.45, 2.75) is 20.5 Å². The number of nitrogens with one attached hydrogen (secondary N) is 1. The van der Waals surface area contributed by atoms with Crippen molar-refractivity contribution in [3.8, 4) is 17.5 Å². The van der Waals surface area contributed by atoms with Crippen LogP contribution in [0.5, 0.6) is 5.75 Å². The van der Waals surface area contributed by atoms with Gasteiger partial charge in [-0.1, -0.05) is 46.3 Å². The number of carbonyl (C=O) groups is 1. The van der Waals surface area contributed by atoms with E-state index in [2.05, 4.69) is 25.8 Å². The number of hydrogen-bond donors (Lipinski definition) is 1. The second kappa shape index (κ2) is 10.9. The topological polar surface area (TPSA) is 67.0 Å². The predicted octanol–water partition coefficient (Wildman–Crippen LogP) is 6.98. The van der Waals surface area contributed by atoms with Crippen molar-refractivity contribution in [1.29, 1.82) is 5.26 Å². The van der Waals surface area contributed by atoms with Gasteiger partial charge in [0.2, 0.25) is 0 Å². The molecule has 35 heavy (non-hydrogen) atoms. The zero-order valence-corrected chi connectivity index (χ0v) is 21.0. The van der Waals surface area contributed by atoms with Gasteiger partial charge in [-0.15, -0.1) is 0 Å². The molecule has 5 nitrogen and oxygen atoms in total. The van der Waals surface area contributed by atoms with E-state index < -0.39 is 5.91 Å². The lowest BCUT2D eigenvalue weighted by molar-refractivity contribution is -0.112. The summed E-state index contributed by atoms with van der Waals surface area (Å²) < 4.78 is 8.90. The molecule has 1 heterocycles. The van der Waals surface area contributed by atoms with Crippen LogP contribution in [-0.2, 0) is 11.4 Å². The normalized spacial score (nSPS) is 11.1. The number of halogens is 1. The Morgan fingerprint density at radius 2 is 1.71 bits per heavy atom. The number of amides is 1. The van der Waals surface area contributed by atoms with E-state index in [4.69, 9.17) is 4.74 Å². The first-order valence-electron chi connectivity index (χ1n) is 11.1. The molecule has 1 aromatic heterocycles. The van der Waals surface area contributed by atoms with Crippen LogP contribution in [0.3, 0.4) is 0 Å². The van der Waals surface area contributed by atoms with Crippen LogP contribution in [0.25, 0.3) is 11.8 Å². The third kappa shape index (κ3) is 5.89. The van der Waals surface area contributed by atoms with Crippen molar-refractivity contribution < 1.29 is 9.53 Å². The summed E-state index contributed by atoms with van der Waals surface area (Å²) in [5, 5.41) is 12.4. The molecule has 0 spiro atoms. The highest BCUT2D eigenvalue weighted by atomic mass is 79.9. The number of aromatic nitrogens is 1. The number of nitrogens with zero attached hydrogens (tertiary/aromatic N) is 2. The van der Waals surface area contributed by atoms with E-state index in [0.717, 1.165) is 38.4 Å². The Bertz CT molecular complexity index is 1400. The molecule has 1 N–H and O–H groups in total. The first-order valence-corrected chi connectivity index (χ1v) is 11.9. The molecule has 4 aromatic rings. The fourth-order valence-corrected chi connectivity index (χ4v) is 4.06. The van der Waals surface area contributed by atoms with E-state index in [1.54, 1.807) is 18.2 Å². The highest BCUT2D eigenvalue weighted by Crippen LogP contribution is 2.25. The van der Waals surface area contributed by atoms with Gasteiger partial charge in [-0.2, -0.15) is 5.26 Å². The summed E-state index contributed by atoms with van der Waals surface area (Å²) in [4.78, 5) is 12.7. The largest absolute Gasteiger partial charge is 0.489 e. The molecule has 0 fully saturated rings. The maximum absolute atomic E-state index is 12.7. The van der Waals surface area contributed by atoms with Crippen molar-refractivity contribution >= 4 is 33.6 Å². The Morgan fingerprint density at radius 3 is 2.37 bits per heavy atom. The monoisotopic (exact) mass is 525 g/mol. The Morgan fingerprint density at radius 1 is 1.03 bits per heavy atom. The number of rotatable bonds is 7. The van der Waals surface area contributed by atoms with Gasteiger partial charge in [-0.3, -0.25) is 4.79 Å². The summed E-state index contributed by atoms with van der Waals surface area (Å²) in [5.74, 6) is 0.344. The van der Waals surface area contributed by atoms with Gasteiger partial charge in [-0.25, -0.2) is 0 Å². The molecule has 6 heteroatoms. The minimum Gasteiger partial charge on any atom is -0.489 e. The fraction of sp³-hybridized carbons (Fsp3) is 0.103. The van der Waals surface area contributed by atoms with E-state index in [0.29, 0.717) is 12.3 Å². The Balaban J connectivity index is 1.51.